The summed E-state index contributed by atoms with van der Waals surface area (Å²) in [5.74, 6) is 0.827. The summed E-state index contributed by atoms with van der Waals surface area (Å²) in [4.78, 5) is 34.2. The van der Waals surface area contributed by atoms with Gasteiger partial charge in [0.2, 0.25) is 5.91 Å². The Hall–Kier alpha value is -2.05. The van der Waals surface area contributed by atoms with E-state index in [1.165, 1.54) is 0 Å². The van der Waals surface area contributed by atoms with Gasteiger partial charge in [-0.1, -0.05) is 0 Å². The van der Waals surface area contributed by atoms with Gasteiger partial charge in [-0.3, -0.25) is 4.79 Å². The van der Waals surface area contributed by atoms with Crippen molar-refractivity contribution in [1.29, 1.82) is 0 Å². The fraction of sp³-hybridized carbons (Fsp3) is 0.615. The minimum Gasteiger partial charge on any atom is -0.347 e. The lowest BCUT2D eigenvalue weighted by atomic mass is 10.2. The summed E-state index contributed by atoms with van der Waals surface area (Å²) in [6.45, 7) is 4.94. The Morgan fingerprint density at radius 1 is 1.65 bits per heavy atom. The third-order valence-corrected chi connectivity index (χ3v) is 3.40. The number of carbonyl (C=O) groups excluding carboxylic acids is 2. The van der Waals surface area contributed by atoms with E-state index in [4.69, 9.17) is 0 Å². The molecule has 2 N–H and O–H groups in total. The lowest BCUT2D eigenvalue weighted by molar-refractivity contribution is -0.129. The molecule has 1 aromatic rings. The Morgan fingerprint density at radius 2 is 2.40 bits per heavy atom. The molecule has 1 atom stereocenters. The monoisotopic (exact) mass is 279 g/mol. The van der Waals surface area contributed by atoms with E-state index in [0.717, 1.165) is 5.82 Å². The Kier molecular flexibility index (Phi) is 4.26. The van der Waals surface area contributed by atoms with Crippen LogP contribution in [-0.4, -0.2) is 57.4 Å². The zero-order chi connectivity index (χ0) is 14.7. The number of hydrogen-bond donors (Lipinski definition) is 2. The van der Waals surface area contributed by atoms with Crippen molar-refractivity contribution in [3.05, 3.63) is 18.2 Å². The van der Waals surface area contributed by atoms with Crippen LogP contribution in [0.15, 0.2) is 12.4 Å². The average molecular weight is 279 g/mol. The molecular formula is C13H21N5O2. The van der Waals surface area contributed by atoms with E-state index in [0.29, 0.717) is 19.5 Å². The van der Waals surface area contributed by atoms with E-state index in [-0.39, 0.29) is 24.0 Å². The van der Waals surface area contributed by atoms with E-state index in [2.05, 4.69) is 15.3 Å². The molecule has 7 nitrogen and oxygen atoms in total. The first kappa shape index (κ1) is 14.4. The molecule has 2 heterocycles. The van der Waals surface area contributed by atoms with Crippen LogP contribution in [-0.2, 0) is 11.3 Å². The first-order chi connectivity index (χ1) is 9.47. The number of H-pyrrole nitrogens is 1. The highest BCUT2D eigenvalue weighted by Crippen LogP contribution is 2.14. The maximum absolute atomic E-state index is 12.1. The number of aromatic amines is 1. The maximum atomic E-state index is 12.1. The summed E-state index contributed by atoms with van der Waals surface area (Å²) in [5, 5.41) is 2.89. The van der Waals surface area contributed by atoms with Crippen LogP contribution in [0.25, 0.3) is 0 Å². The fourth-order valence-electron chi connectivity index (χ4n) is 2.29. The molecule has 1 aromatic heterocycles. The number of urea groups is 1. The van der Waals surface area contributed by atoms with Crippen LogP contribution in [0.1, 0.15) is 26.1 Å². The van der Waals surface area contributed by atoms with E-state index < -0.39 is 0 Å². The maximum Gasteiger partial charge on any atom is 0.317 e. The van der Waals surface area contributed by atoms with Crippen molar-refractivity contribution in [2.45, 2.75) is 38.9 Å². The Morgan fingerprint density at radius 3 is 2.95 bits per heavy atom. The van der Waals surface area contributed by atoms with Crippen molar-refractivity contribution in [3.63, 3.8) is 0 Å². The van der Waals surface area contributed by atoms with Gasteiger partial charge in [0.05, 0.1) is 12.6 Å². The molecule has 20 heavy (non-hydrogen) atoms. The Balaban J connectivity index is 1.84. The van der Waals surface area contributed by atoms with E-state index in [9.17, 15) is 9.59 Å². The largest absolute Gasteiger partial charge is 0.347 e. The van der Waals surface area contributed by atoms with E-state index >= 15 is 0 Å². The van der Waals surface area contributed by atoms with E-state index in [1.54, 1.807) is 29.2 Å². The molecule has 1 aliphatic rings. The predicted molar refractivity (Wildman–Crippen MR) is 73.8 cm³/mol. The molecular weight excluding hydrogens is 258 g/mol. The Bertz CT molecular complexity index is 471. The highest BCUT2D eigenvalue weighted by molar-refractivity contribution is 5.81. The average Bonchev–Trinajstić information content (AvgIpc) is 2.98. The number of likely N-dealkylation sites (tertiary alicyclic amines) is 1. The summed E-state index contributed by atoms with van der Waals surface area (Å²) in [5.41, 5.74) is 0. The number of carbonyl (C=O) groups is 2. The number of hydrogen-bond acceptors (Lipinski definition) is 3. The van der Waals surface area contributed by atoms with Crippen LogP contribution in [0.4, 0.5) is 4.79 Å². The smallest absolute Gasteiger partial charge is 0.317 e. The van der Waals surface area contributed by atoms with Gasteiger partial charge in [-0.25, -0.2) is 9.78 Å². The molecule has 0 aliphatic carbocycles. The summed E-state index contributed by atoms with van der Waals surface area (Å²) in [7, 11) is 1.70. The van der Waals surface area contributed by atoms with Crippen LogP contribution in [0, 0.1) is 0 Å². The molecule has 1 aliphatic heterocycles. The standard InChI is InChI=1S/C13H21N5O2/c1-9(2)18-7-10(6-12(18)19)16-13(20)17(3)8-11-14-4-5-15-11/h4-5,9-10H,6-8H2,1-3H3,(H,14,15)(H,16,20). The van der Waals surface area contributed by atoms with Gasteiger partial charge >= 0.3 is 6.03 Å². The van der Waals surface area contributed by atoms with Crippen molar-refractivity contribution < 1.29 is 9.59 Å². The molecule has 0 bridgehead atoms. The molecule has 0 spiro atoms. The molecule has 110 valence electrons. The fourth-order valence-corrected chi connectivity index (χ4v) is 2.29. The molecule has 0 radical (unpaired) electrons. The van der Waals surface area contributed by atoms with Crippen molar-refractivity contribution in [2.24, 2.45) is 0 Å². The lowest BCUT2D eigenvalue weighted by Crippen LogP contribution is -2.44. The molecule has 1 saturated heterocycles. The van der Waals surface area contributed by atoms with Gasteiger partial charge in [0.1, 0.15) is 5.82 Å². The summed E-state index contributed by atoms with van der Waals surface area (Å²) < 4.78 is 0. The van der Waals surface area contributed by atoms with Gasteiger partial charge in [0.25, 0.3) is 0 Å². The second-order valence-corrected chi connectivity index (χ2v) is 5.38. The molecule has 0 aromatic carbocycles. The number of amides is 3. The van der Waals surface area contributed by atoms with Gasteiger partial charge in [0.15, 0.2) is 0 Å². The topological polar surface area (TPSA) is 81.3 Å². The number of imidazole rings is 1. The quantitative estimate of drug-likeness (QED) is 0.845. The number of nitrogens with zero attached hydrogens (tertiary/aromatic N) is 3. The van der Waals surface area contributed by atoms with Gasteiger partial charge < -0.3 is 20.1 Å². The van der Waals surface area contributed by atoms with Crippen LogP contribution in [0.5, 0.6) is 0 Å². The highest BCUT2D eigenvalue weighted by atomic mass is 16.2. The SMILES string of the molecule is CC(C)N1CC(NC(=O)N(C)Cc2ncc[nH]2)CC1=O. The van der Waals surface area contributed by atoms with E-state index in [1.807, 2.05) is 13.8 Å². The molecule has 3 amide bonds. The number of nitrogens with one attached hydrogen (secondary N) is 2. The summed E-state index contributed by atoms with van der Waals surface area (Å²) >= 11 is 0. The van der Waals surface area contributed by atoms with Crippen molar-refractivity contribution >= 4 is 11.9 Å². The third-order valence-electron chi connectivity index (χ3n) is 3.40. The van der Waals surface area contributed by atoms with Gasteiger partial charge in [-0.2, -0.15) is 0 Å². The second-order valence-electron chi connectivity index (χ2n) is 5.38. The number of rotatable bonds is 4. The normalized spacial score (nSPS) is 18.7. The van der Waals surface area contributed by atoms with Crippen molar-refractivity contribution in [1.82, 2.24) is 25.1 Å². The van der Waals surface area contributed by atoms with Gasteiger partial charge in [-0.05, 0) is 13.8 Å². The van der Waals surface area contributed by atoms with Crippen LogP contribution in [0.2, 0.25) is 0 Å². The molecule has 2 rings (SSSR count). The molecule has 1 unspecified atom stereocenters. The molecule has 7 heteroatoms. The first-order valence-corrected chi connectivity index (χ1v) is 6.76. The van der Waals surface area contributed by atoms with Crippen molar-refractivity contribution in [2.75, 3.05) is 13.6 Å². The molecule has 0 saturated carbocycles. The van der Waals surface area contributed by atoms with Gasteiger partial charge in [0, 0.05) is 38.4 Å². The summed E-state index contributed by atoms with van der Waals surface area (Å²) in [6.07, 6.45) is 3.74. The zero-order valence-electron chi connectivity index (χ0n) is 12.1. The molecule has 1 fully saturated rings. The lowest BCUT2D eigenvalue weighted by Gasteiger charge is -2.22. The highest BCUT2D eigenvalue weighted by Gasteiger charge is 2.32. The zero-order valence-corrected chi connectivity index (χ0v) is 12.1. The minimum atomic E-state index is -0.190. The van der Waals surface area contributed by atoms with Crippen molar-refractivity contribution in [3.8, 4) is 0 Å². The predicted octanol–water partition coefficient (Wildman–Crippen LogP) is 0.560. The Labute approximate surface area is 118 Å². The second kappa shape index (κ2) is 5.94. The van der Waals surface area contributed by atoms with Crippen LogP contribution >= 0.6 is 0 Å². The minimum absolute atomic E-state index is 0.0963. The van der Waals surface area contributed by atoms with Crippen LogP contribution in [0.3, 0.4) is 0 Å². The van der Waals surface area contributed by atoms with Crippen LogP contribution < -0.4 is 5.32 Å². The van der Waals surface area contributed by atoms with Gasteiger partial charge in [-0.15, -0.1) is 0 Å². The number of aromatic nitrogens is 2. The first-order valence-electron chi connectivity index (χ1n) is 6.76. The third kappa shape index (κ3) is 3.28. The summed E-state index contributed by atoms with van der Waals surface area (Å²) in [6, 6.07) is -0.133.